The molecule has 0 aliphatic carbocycles. The molecule has 1 aliphatic rings. The number of aromatic nitrogens is 2. The molecule has 35 heavy (non-hydrogen) atoms. The average Bonchev–Trinajstić information content (AvgIpc) is 3.58. The molecule has 1 saturated heterocycles. The summed E-state index contributed by atoms with van der Waals surface area (Å²) >= 11 is 2.64. The quantitative estimate of drug-likeness (QED) is 0.353. The van der Waals surface area contributed by atoms with Crippen LogP contribution in [0.1, 0.15) is 18.5 Å². The second-order valence-corrected chi connectivity index (χ2v) is 12.3. The zero-order valence-electron chi connectivity index (χ0n) is 19.0. The van der Waals surface area contributed by atoms with E-state index in [1.165, 1.54) is 27.0 Å². The second kappa shape index (κ2) is 10.0. The smallest absolute Gasteiger partial charge is 0.252 e. The van der Waals surface area contributed by atoms with E-state index in [0.29, 0.717) is 41.8 Å². The Morgan fingerprint density at radius 1 is 1.17 bits per heavy atom. The van der Waals surface area contributed by atoms with Gasteiger partial charge >= 0.3 is 0 Å². The van der Waals surface area contributed by atoms with Gasteiger partial charge in [0.25, 0.3) is 10.0 Å². The Balaban J connectivity index is 1.39. The van der Waals surface area contributed by atoms with E-state index in [-0.39, 0.29) is 11.8 Å². The first-order valence-corrected chi connectivity index (χ1v) is 14.3. The fourth-order valence-corrected chi connectivity index (χ4v) is 7.74. The summed E-state index contributed by atoms with van der Waals surface area (Å²) in [5, 5.41) is 2.35. The molecular formula is C24H24N4O4S3. The molecule has 5 rings (SSSR count). The van der Waals surface area contributed by atoms with Crippen molar-refractivity contribution in [2.24, 2.45) is 5.92 Å². The van der Waals surface area contributed by atoms with Gasteiger partial charge in [-0.05, 0) is 54.6 Å². The van der Waals surface area contributed by atoms with E-state index < -0.39 is 10.0 Å². The Morgan fingerprint density at radius 3 is 2.69 bits per heavy atom. The number of methoxy groups -OCH3 is 1. The number of hydrogen-bond acceptors (Lipinski definition) is 8. The summed E-state index contributed by atoms with van der Waals surface area (Å²) in [6.07, 6.45) is 2.62. The highest BCUT2D eigenvalue weighted by molar-refractivity contribution is 7.91. The number of hydrogen-bond donors (Lipinski definition) is 0. The third kappa shape index (κ3) is 4.94. The summed E-state index contributed by atoms with van der Waals surface area (Å²) in [6, 6.07) is 14.6. The Morgan fingerprint density at radius 2 is 2.00 bits per heavy atom. The molecule has 0 N–H and O–H groups in total. The number of sulfonamides is 1. The minimum atomic E-state index is -3.52. The third-order valence-corrected chi connectivity index (χ3v) is 10.3. The van der Waals surface area contributed by atoms with Crippen molar-refractivity contribution in [3.63, 3.8) is 0 Å². The van der Waals surface area contributed by atoms with E-state index in [1.807, 2.05) is 36.4 Å². The normalized spacial score (nSPS) is 15.3. The number of pyridine rings is 1. The molecule has 0 radical (unpaired) electrons. The lowest BCUT2D eigenvalue weighted by atomic mass is 9.96. The zero-order chi connectivity index (χ0) is 24.4. The van der Waals surface area contributed by atoms with Crippen molar-refractivity contribution in [1.29, 1.82) is 0 Å². The van der Waals surface area contributed by atoms with Gasteiger partial charge in [0.2, 0.25) is 5.91 Å². The number of fused-ring (bicyclic) bond motifs is 1. The van der Waals surface area contributed by atoms with Crippen LogP contribution in [0.5, 0.6) is 5.75 Å². The summed E-state index contributed by atoms with van der Waals surface area (Å²) in [5.41, 5.74) is 1.55. The van der Waals surface area contributed by atoms with Crippen LogP contribution >= 0.6 is 22.7 Å². The van der Waals surface area contributed by atoms with Crippen molar-refractivity contribution in [1.82, 2.24) is 14.3 Å². The maximum atomic E-state index is 13.8. The molecule has 182 valence electrons. The standard InChI is InChI=1S/C24H24N4O4S3/c1-32-19-7-8-20-21(15-19)34-24(26-20)28(16-18-5-2-3-11-25-18)23(29)17-9-12-27(13-10-17)35(30,31)22-6-4-14-33-22/h2-8,11,14-15,17H,9-10,12-13,16H2,1H3. The van der Waals surface area contributed by atoms with Gasteiger partial charge in [-0.3, -0.25) is 14.7 Å². The van der Waals surface area contributed by atoms with Crippen LogP contribution in [0.15, 0.2) is 64.3 Å². The summed E-state index contributed by atoms with van der Waals surface area (Å²) in [7, 11) is -1.90. The van der Waals surface area contributed by atoms with Gasteiger partial charge in [0.1, 0.15) is 9.96 Å². The van der Waals surface area contributed by atoms with E-state index in [9.17, 15) is 13.2 Å². The van der Waals surface area contributed by atoms with Gasteiger partial charge in [0, 0.05) is 25.2 Å². The molecule has 4 heterocycles. The molecule has 8 nitrogen and oxygen atoms in total. The summed E-state index contributed by atoms with van der Waals surface area (Å²) in [6.45, 7) is 0.917. The molecule has 11 heteroatoms. The van der Waals surface area contributed by atoms with Crippen molar-refractivity contribution in [3.05, 3.63) is 65.8 Å². The minimum Gasteiger partial charge on any atom is -0.497 e. The first-order valence-electron chi connectivity index (χ1n) is 11.2. The Bertz CT molecular complexity index is 1410. The highest BCUT2D eigenvalue weighted by atomic mass is 32.2. The number of carbonyl (C=O) groups is 1. The van der Waals surface area contributed by atoms with E-state index >= 15 is 0 Å². The van der Waals surface area contributed by atoms with Crippen LogP contribution in [-0.4, -0.2) is 48.8 Å². The fourth-order valence-electron chi connectivity index (χ4n) is 4.13. The first-order chi connectivity index (χ1) is 17.0. The van der Waals surface area contributed by atoms with Crippen molar-refractivity contribution in [2.75, 3.05) is 25.1 Å². The number of carbonyl (C=O) groups excluding carboxylic acids is 1. The molecule has 1 fully saturated rings. The van der Waals surface area contributed by atoms with Crippen LogP contribution in [-0.2, 0) is 21.4 Å². The number of thiazole rings is 1. The van der Waals surface area contributed by atoms with Crippen molar-refractivity contribution < 1.29 is 17.9 Å². The number of piperidine rings is 1. The third-order valence-electron chi connectivity index (χ3n) is 6.02. The fraction of sp³-hybridized carbons (Fsp3) is 0.292. The lowest BCUT2D eigenvalue weighted by Gasteiger charge is -2.32. The lowest BCUT2D eigenvalue weighted by molar-refractivity contribution is -0.123. The van der Waals surface area contributed by atoms with Gasteiger partial charge < -0.3 is 4.74 Å². The lowest BCUT2D eigenvalue weighted by Crippen LogP contribution is -2.44. The Labute approximate surface area is 211 Å². The van der Waals surface area contributed by atoms with Gasteiger partial charge in [0.05, 0.1) is 29.6 Å². The number of rotatable bonds is 7. The monoisotopic (exact) mass is 528 g/mol. The topological polar surface area (TPSA) is 92.7 Å². The molecule has 0 saturated carbocycles. The molecule has 1 aromatic carbocycles. The Kier molecular flexibility index (Phi) is 6.83. The zero-order valence-corrected chi connectivity index (χ0v) is 21.5. The average molecular weight is 529 g/mol. The van der Waals surface area contributed by atoms with Crippen molar-refractivity contribution in [3.8, 4) is 5.75 Å². The first kappa shape index (κ1) is 23.9. The van der Waals surface area contributed by atoms with Crippen LogP contribution in [0.4, 0.5) is 5.13 Å². The van der Waals surface area contributed by atoms with E-state index in [2.05, 4.69) is 4.98 Å². The number of thiophene rings is 1. The van der Waals surface area contributed by atoms with Crippen molar-refractivity contribution in [2.45, 2.75) is 23.6 Å². The van der Waals surface area contributed by atoms with Gasteiger partial charge in [-0.2, -0.15) is 4.31 Å². The Hall–Kier alpha value is -2.86. The summed E-state index contributed by atoms with van der Waals surface area (Å²) < 4.78 is 33.8. The number of benzene rings is 1. The van der Waals surface area contributed by atoms with Crippen LogP contribution < -0.4 is 9.64 Å². The molecule has 3 aromatic heterocycles. The summed E-state index contributed by atoms with van der Waals surface area (Å²) in [4.78, 5) is 24.6. The van der Waals surface area contributed by atoms with Gasteiger partial charge in [-0.1, -0.05) is 23.5 Å². The highest BCUT2D eigenvalue weighted by Crippen LogP contribution is 2.34. The molecule has 0 spiro atoms. The number of amides is 1. The molecule has 0 atom stereocenters. The molecule has 1 amide bonds. The SMILES string of the molecule is COc1ccc2nc(N(Cc3ccccn3)C(=O)C3CCN(S(=O)(=O)c4cccs4)CC3)sc2c1. The summed E-state index contributed by atoms with van der Waals surface area (Å²) in [5.74, 6) is 0.375. The van der Waals surface area contributed by atoms with E-state index in [0.717, 1.165) is 21.7 Å². The van der Waals surface area contributed by atoms with Crippen molar-refractivity contribution >= 4 is 54.0 Å². The second-order valence-electron chi connectivity index (χ2n) is 8.19. The molecular weight excluding hydrogens is 504 g/mol. The highest BCUT2D eigenvalue weighted by Gasteiger charge is 2.35. The predicted molar refractivity (Wildman–Crippen MR) is 137 cm³/mol. The van der Waals surface area contributed by atoms with E-state index in [1.54, 1.807) is 35.7 Å². The van der Waals surface area contributed by atoms with Gasteiger partial charge in [-0.15, -0.1) is 11.3 Å². The van der Waals surface area contributed by atoms with E-state index in [4.69, 9.17) is 9.72 Å². The number of anilines is 1. The van der Waals surface area contributed by atoms with Gasteiger partial charge in [-0.25, -0.2) is 13.4 Å². The van der Waals surface area contributed by atoms with Crippen LogP contribution in [0.2, 0.25) is 0 Å². The van der Waals surface area contributed by atoms with Crippen LogP contribution in [0.25, 0.3) is 10.2 Å². The van der Waals surface area contributed by atoms with Gasteiger partial charge in [0.15, 0.2) is 5.13 Å². The minimum absolute atomic E-state index is 0.0603. The largest absolute Gasteiger partial charge is 0.497 e. The molecule has 0 unspecified atom stereocenters. The maximum Gasteiger partial charge on any atom is 0.252 e. The molecule has 1 aliphatic heterocycles. The maximum absolute atomic E-state index is 13.8. The van der Waals surface area contributed by atoms with Crippen LogP contribution in [0, 0.1) is 5.92 Å². The number of nitrogens with zero attached hydrogens (tertiary/aromatic N) is 4. The molecule has 4 aromatic rings. The predicted octanol–water partition coefficient (Wildman–Crippen LogP) is 4.40. The number of ether oxygens (including phenoxy) is 1. The van der Waals surface area contributed by atoms with Crippen LogP contribution in [0.3, 0.4) is 0 Å². The molecule has 0 bridgehead atoms.